The van der Waals surface area contributed by atoms with Crippen molar-refractivity contribution in [3.8, 4) is 6.07 Å². The lowest BCUT2D eigenvalue weighted by Gasteiger charge is -2.00. The molecule has 3 heteroatoms. The second-order valence-electron chi connectivity index (χ2n) is 5.16. The number of H-pyrrole nitrogens is 1. The molecule has 3 nitrogen and oxygen atoms in total. The highest BCUT2D eigenvalue weighted by Crippen LogP contribution is 2.21. The molecule has 1 aromatic heterocycles. The molecule has 0 saturated carbocycles. The Bertz CT molecular complexity index is 634. The van der Waals surface area contributed by atoms with Crippen molar-refractivity contribution in [2.24, 2.45) is 0 Å². The number of Topliss-reactive ketones (excluding diaryl/α,β-unsaturated/α-hetero) is 1. The topological polar surface area (TPSA) is 56.6 Å². The Hall–Kier alpha value is -2.08. The highest BCUT2D eigenvalue weighted by molar-refractivity contribution is 6.07. The second-order valence-corrected chi connectivity index (χ2v) is 5.16. The number of fused-ring (bicyclic) bond motifs is 1. The van der Waals surface area contributed by atoms with E-state index >= 15 is 0 Å². The van der Waals surface area contributed by atoms with Gasteiger partial charge in [0.2, 0.25) is 0 Å². The summed E-state index contributed by atoms with van der Waals surface area (Å²) in [5, 5.41) is 9.79. The third-order valence-corrected chi connectivity index (χ3v) is 3.62. The minimum atomic E-state index is 0.192. The summed E-state index contributed by atoms with van der Waals surface area (Å²) in [6, 6.07) is 7.51. The third kappa shape index (κ3) is 3.27. The van der Waals surface area contributed by atoms with Gasteiger partial charge in [0.15, 0.2) is 5.78 Å². The van der Waals surface area contributed by atoms with Crippen molar-refractivity contribution < 1.29 is 4.79 Å². The van der Waals surface area contributed by atoms with Gasteiger partial charge in [-0.25, -0.2) is 0 Å². The van der Waals surface area contributed by atoms with E-state index in [1.165, 1.54) is 19.3 Å². The summed E-state index contributed by atoms with van der Waals surface area (Å²) in [7, 11) is 0. The van der Waals surface area contributed by atoms with Crippen LogP contribution in [0.2, 0.25) is 0 Å². The van der Waals surface area contributed by atoms with Crippen molar-refractivity contribution in [2.45, 2.75) is 45.4 Å². The van der Waals surface area contributed by atoms with Crippen LogP contribution in [-0.4, -0.2) is 10.8 Å². The van der Waals surface area contributed by atoms with Gasteiger partial charge >= 0.3 is 0 Å². The van der Waals surface area contributed by atoms with Gasteiger partial charge in [0.1, 0.15) is 0 Å². The predicted octanol–water partition coefficient (Wildman–Crippen LogP) is 4.58. The maximum atomic E-state index is 12.2. The Labute approximate surface area is 119 Å². The summed E-state index contributed by atoms with van der Waals surface area (Å²) in [6.07, 6.45) is 8.14. The van der Waals surface area contributed by atoms with Crippen molar-refractivity contribution in [1.29, 1.82) is 5.26 Å². The number of aromatic amines is 1. The Morgan fingerprint density at radius 2 is 2.05 bits per heavy atom. The third-order valence-electron chi connectivity index (χ3n) is 3.62. The SMILES string of the molecule is CCCCCCCC(=O)c1c[nH]c2cc(C#N)ccc12. The van der Waals surface area contributed by atoms with E-state index in [1.54, 1.807) is 18.3 Å². The zero-order chi connectivity index (χ0) is 14.4. The minimum Gasteiger partial charge on any atom is -0.360 e. The largest absolute Gasteiger partial charge is 0.360 e. The number of benzene rings is 1. The second kappa shape index (κ2) is 6.91. The Balaban J connectivity index is 2.02. The summed E-state index contributed by atoms with van der Waals surface area (Å²) >= 11 is 0. The molecule has 0 atom stereocenters. The lowest BCUT2D eigenvalue weighted by Crippen LogP contribution is -1.97. The van der Waals surface area contributed by atoms with Crippen molar-refractivity contribution in [2.75, 3.05) is 0 Å². The van der Waals surface area contributed by atoms with Crippen LogP contribution in [0.4, 0.5) is 0 Å². The number of hydrogen-bond donors (Lipinski definition) is 1. The summed E-state index contributed by atoms with van der Waals surface area (Å²) in [6.45, 7) is 2.19. The number of rotatable bonds is 7. The lowest BCUT2D eigenvalue weighted by atomic mass is 10.0. The van der Waals surface area contributed by atoms with Gasteiger partial charge in [0, 0.05) is 29.1 Å². The predicted molar refractivity (Wildman–Crippen MR) is 80.7 cm³/mol. The molecule has 1 aromatic carbocycles. The van der Waals surface area contributed by atoms with Crippen LogP contribution in [0.15, 0.2) is 24.4 Å². The van der Waals surface area contributed by atoms with Crippen molar-refractivity contribution in [3.05, 3.63) is 35.5 Å². The number of hydrogen-bond acceptors (Lipinski definition) is 2. The molecule has 0 spiro atoms. The number of nitrogens with one attached hydrogen (secondary N) is 1. The van der Waals surface area contributed by atoms with Gasteiger partial charge in [-0.3, -0.25) is 4.79 Å². The minimum absolute atomic E-state index is 0.192. The molecule has 0 radical (unpaired) electrons. The summed E-state index contributed by atoms with van der Waals surface area (Å²) in [5.74, 6) is 0.192. The number of carbonyl (C=O) groups excluding carboxylic acids is 1. The van der Waals surface area contributed by atoms with Gasteiger partial charge in [0.05, 0.1) is 11.6 Å². The Morgan fingerprint density at radius 1 is 1.25 bits per heavy atom. The van der Waals surface area contributed by atoms with Gasteiger partial charge in [-0.1, -0.05) is 38.7 Å². The van der Waals surface area contributed by atoms with Gasteiger partial charge in [-0.2, -0.15) is 5.26 Å². The molecule has 104 valence electrons. The molecule has 0 bridgehead atoms. The number of nitrogens with zero attached hydrogens (tertiary/aromatic N) is 1. The molecule has 0 aliphatic carbocycles. The average molecular weight is 268 g/mol. The van der Waals surface area contributed by atoms with Crippen LogP contribution in [0.25, 0.3) is 10.9 Å². The summed E-state index contributed by atoms with van der Waals surface area (Å²) < 4.78 is 0. The summed E-state index contributed by atoms with van der Waals surface area (Å²) in [4.78, 5) is 15.3. The van der Waals surface area contributed by atoms with Gasteiger partial charge in [0.25, 0.3) is 0 Å². The molecular weight excluding hydrogens is 248 g/mol. The molecule has 0 aliphatic heterocycles. The quantitative estimate of drug-likeness (QED) is 0.590. The van der Waals surface area contributed by atoms with Crippen LogP contribution in [0.5, 0.6) is 0 Å². The zero-order valence-electron chi connectivity index (χ0n) is 11.9. The van der Waals surface area contributed by atoms with Crippen LogP contribution < -0.4 is 0 Å². The Morgan fingerprint density at radius 3 is 2.80 bits per heavy atom. The van der Waals surface area contributed by atoms with Crippen LogP contribution in [-0.2, 0) is 0 Å². The van der Waals surface area contributed by atoms with Gasteiger partial charge in [-0.05, 0) is 18.6 Å². The monoisotopic (exact) mass is 268 g/mol. The number of carbonyl (C=O) groups is 1. The molecule has 0 fully saturated rings. The first-order valence-electron chi connectivity index (χ1n) is 7.30. The number of nitriles is 1. The normalized spacial score (nSPS) is 10.6. The number of ketones is 1. The van der Waals surface area contributed by atoms with E-state index in [4.69, 9.17) is 5.26 Å². The maximum Gasteiger partial charge on any atom is 0.165 e. The van der Waals surface area contributed by atoms with E-state index in [0.717, 1.165) is 29.3 Å². The van der Waals surface area contributed by atoms with E-state index in [1.807, 2.05) is 6.07 Å². The molecule has 2 aromatic rings. The molecule has 2 rings (SSSR count). The first-order chi connectivity index (χ1) is 9.76. The number of aromatic nitrogens is 1. The van der Waals surface area contributed by atoms with Crippen LogP contribution in [0.3, 0.4) is 0 Å². The van der Waals surface area contributed by atoms with Crippen molar-refractivity contribution in [1.82, 2.24) is 4.98 Å². The fourth-order valence-corrected chi connectivity index (χ4v) is 2.45. The highest BCUT2D eigenvalue weighted by atomic mass is 16.1. The van der Waals surface area contributed by atoms with Crippen LogP contribution >= 0.6 is 0 Å². The molecule has 1 heterocycles. The maximum absolute atomic E-state index is 12.2. The van der Waals surface area contributed by atoms with Gasteiger partial charge in [-0.15, -0.1) is 0 Å². The van der Waals surface area contributed by atoms with E-state index in [-0.39, 0.29) is 5.78 Å². The van der Waals surface area contributed by atoms with Crippen LogP contribution in [0, 0.1) is 11.3 Å². The van der Waals surface area contributed by atoms with E-state index in [0.29, 0.717) is 12.0 Å². The van der Waals surface area contributed by atoms with Crippen LogP contribution in [0.1, 0.15) is 61.4 Å². The zero-order valence-corrected chi connectivity index (χ0v) is 11.9. The van der Waals surface area contributed by atoms with Gasteiger partial charge < -0.3 is 4.98 Å². The molecule has 0 unspecified atom stereocenters. The molecule has 0 amide bonds. The fraction of sp³-hybridized carbons (Fsp3) is 0.412. The number of unbranched alkanes of at least 4 members (excludes halogenated alkanes) is 4. The molecule has 0 saturated heterocycles. The molecule has 1 N–H and O–H groups in total. The van der Waals surface area contributed by atoms with E-state index < -0.39 is 0 Å². The lowest BCUT2D eigenvalue weighted by molar-refractivity contribution is 0.0980. The molecule has 0 aliphatic rings. The van der Waals surface area contributed by atoms with Crippen molar-refractivity contribution >= 4 is 16.7 Å². The van der Waals surface area contributed by atoms with E-state index in [9.17, 15) is 4.79 Å². The molecule has 20 heavy (non-hydrogen) atoms. The smallest absolute Gasteiger partial charge is 0.165 e. The first-order valence-corrected chi connectivity index (χ1v) is 7.30. The Kier molecular flexibility index (Phi) is 4.95. The molecular formula is C17H20N2O. The standard InChI is InChI=1S/C17H20N2O/c1-2-3-4-5-6-7-17(20)15-12-19-16-10-13(11-18)8-9-14(15)16/h8-10,12,19H,2-7H2,1H3. The fourth-order valence-electron chi connectivity index (χ4n) is 2.45. The first kappa shape index (κ1) is 14.3. The van der Waals surface area contributed by atoms with Crippen molar-refractivity contribution in [3.63, 3.8) is 0 Å². The average Bonchev–Trinajstić information content (AvgIpc) is 2.89. The van der Waals surface area contributed by atoms with E-state index in [2.05, 4.69) is 18.0 Å². The summed E-state index contributed by atoms with van der Waals surface area (Å²) in [5.41, 5.74) is 2.22. The highest BCUT2D eigenvalue weighted by Gasteiger charge is 2.11.